The van der Waals surface area contributed by atoms with E-state index in [0.717, 1.165) is 0 Å². The van der Waals surface area contributed by atoms with E-state index in [9.17, 15) is 9.59 Å². The zero-order chi connectivity index (χ0) is 12.4. The molecule has 0 bridgehead atoms. The summed E-state index contributed by atoms with van der Waals surface area (Å²) in [5, 5.41) is 7.30. The van der Waals surface area contributed by atoms with Gasteiger partial charge in [-0.2, -0.15) is 0 Å². The summed E-state index contributed by atoms with van der Waals surface area (Å²) < 4.78 is 5.08. The Kier molecular flexibility index (Phi) is 3.08. The first-order chi connectivity index (χ1) is 8.08. The molecule has 0 saturated carbocycles. The molecule has 0 unspecified atom stereocenters. The van der Waals surface area contributed by atoms with Crippen LogP contribution >= 0.6 is 0 Å². The number of rotatable bonds is 1. The van der Waals surface area contributed by atoms with Gasteiger partial charge in [0.15, 0.2) is 0 Å². The van der Waals surface area contributed by atoms with Gasteiger partial charge in [-0.1, -0.05) is 0 Å². The van der Waals surface area contributed by atoms with E-state index in [1.165, 1.54) is 6.92 Å². The van der Waals surface area contributed by atoms with Gasteiger partial charge < -0.3 is 14.2 Å². The van der Waals surface area contributed by atoms with Gasteiger partial charge in [-0.25, -0.2) is 0 Å². The number of aryl methyl sites for hydroxylation is 1. The van der Waals surface area contributed by atoms with Gasteiger partial charge in [-0.15, -0.1) is 10.2 Å². The molecule has 0 aliphatic carbocycles. The largest absolute Gasteiger partial charge is 0.417 e. The van der Waals surface area contributed by atoms with Crippen LogP contribution in [0.25, 0.3) is 0 Å². The van der Waals surface area contributed by atoms with E-state index in [0.29, 0.717) is 32.1 Å². The average molecular weight is 238 g/mol. The highest BCUT2D eigenvalue weighted by Gasteiger charge is 2.26. The second-order valence-corrected chi connectivity index (χ2v) is 3.92. The van der Waals surface area contributed by atoms with Gasteiger partial charge in [0.05, 0.1) is 0 Å². The van der Waals surface area contributed by atoms with Crippen LogP contribution in [0.3, 0.4) is 0 Å². The van der Waals surface area contributed by atoms with Gasteiger partial charge in [-0.3, -0.25) is 9.59 Å². The lowest BCUT2D eigenvalue weighted by atomic mass is 10.3. The third-order valence-electron chi connectivity index (χ3n) is 2.72. The summed E-state index contributed by atoms with van der Waals surface area (Å²) in [7, 11) is 0. The molecule has 1 saturated heterocycles. The lowest BCUT2D eigenvalue weighted by molar-refractivity contribution is -0.130. The van der Waals surface area contributed by atoms with Crippen LogP contribution in [0.2, 0.25) is 0 Å². The Morgan fingerprint density at radius 2 is 1.71 bits per heavy atom. The monoisotopic (exact) mass is 238 g/mol. The summed E-state index contributed by atoms with van der Waals surface area (Å²) in [5.41, 5.74) is 0. The topological polar surface area (TPSA) is 79.5 Å². The Hall–Kier alpha value is -1.92. The fourth-order valence-corrected chi connectivity index (χ4v) is 1.74. The van der Waals surface area contributed by atoms with Crippen molar-refractivity contribution >= 4 is 11.8 Å². The van der Waals surface area contributed by atoms with Gasteiger partial charge in [0, 0.05) is 40.0 Å². The van der Waals surface area contributed by atoms with E-state index in [1.54, 1.807) is 16.7 Å². The number of carbonyl (C=O) groups excluding carboxylic acids is 2. The number of amides is 2. The molecular formula is C10H14N4O3. The van der Waals surface area contributed by atoms with Gasteiger partial charge in [0.1, 0.15) is 0 Å². The van der Waals surface area contributed by atoms with Crippen LogP contribution in [0.4, 0.5) is 0 Å². The van der Waals surface area contributed by atoms with Crippen LogP contribution in [0.15, 0.2) is 4.42 Å². The van der Waals surface area contributed by atoms with Gasteiger partial charge in [0.25, 0.3) is 0 Å². The van der Waals surface area contributed by atoms with Crippen LogP contribution in [-0.4, -0.2) is 58.0 Å². The molecule has 2 amide bonds. The van der Waals surface area contributed by atoms with Crippen molar-refractivity contribution in [3.63, 3.8) is 0 Å². The van der Waals surface area contributed by atoms with Crippen LogP contribution < -0.4 is 0 Å². The van der Waals surface area contributed by atoms with Crippen molar-refractivity contribution in [2.75, 3.05) is 26.2 Å². The minimum atomic E-state index is -0.270. The van der Waals surface area contributed by atoms with E-state index in [-0.39, 0.29) is 17.7 Å². The van der Waals surface area contributed by atoms with Crippen molar-refractivity contribution in [2.45, 2.75) is 13.8 Å². The molecule has 1 fully saturated rings. The van der Waals surface area contributed by atoms with Gasteiger partial charge in [-0.05, 0) is 0 Å². The lowest BCUT2D eigenvalue weighted by Gasteiger charge is -2.33. The molecule has 0 spiro atoms. The molecule has 1 aromatic heterocycles. The molecule has 1 aliphatic heterocycles. The highest BCUT2D eigenvalue weighted by molar-refractivity contribution is 5.89. The van der Waals surface area contributed by atoms with Crippen LogP contribution in [-0.2, 0) is 4.79 Å². The Morgan fingerprint density at radius 3 is 2.18 bits per heavy atom. The molecule has 7 nitrogen and oxygen atoms in total. The Morgan fingerprint density at radius 1 is 1.12 bits per heavy atom. The summed E-state index contributed by atoms with van der Waals surface area (Å²) >= 11 is 0. The molecular weight excluding hydrogens is 224 g/mol. The molecule has 7 heteroatoms. The molecule has 2 heterocycles. The highest BCUT2D eigenvalue weighted by atomic mass is 16.4. The van der Waals surface area contributed by atoms with Crippen LogP contribution in [0.5, 0.6) is 0 Å². The van der Waals surface area contributed by atoms with Crippen molar-refractivity contribution < 1.29 is 14.0 Å². The maximum absolute atomic E-state index is 11.9. The smallest absolute Gasteiger partial charge is 0.311 e. The maximum Gasteiger partial charge on any atom is 0.311 e. The number of piperazine rings is 1. The quantitative estimate of drug-likeness (QED) is 0.670. The molecule has 2 rings (SSSR count). The summed E-state index contributed by atoms with van der Waals surface area (Å²) in [4.78, 5) is 26.4. The normalized spacial score (nSPS) is 16.1. The number of hydrogen-bond donors (Lipinski definition) is 0. The van der Waals surface area contributed by atoms with Crippen molar-refractivity contribution in [1.82, 2.24) is 20.0 Å². The van der Waals surface area contributed by atoms with Crippen LogP contribution in [0, 0.1) is 6.92 Å². The number of nitrogens with zero attached hydrogens (tertiary/aromatic N) is 4. The highest BCUT2D eigenvalue weighted by Crippen LogP contribution is 2.07. The van der Waals surface area contributed by atoms with E-state index in [4.69, 9.17) is 4.42 Å². The Balaban J connectivity index is 1.97. The second-order valence-electron chi connectivity index (χ2n) is 3.92. The summed E-state index contributed by atoms with van der Waals surface area (Å²) in [6.45, 7) is 5.26. The summed E-state index contributed by atoms with van der Waals surface area (Å²) in [5.74, 6) is 0.147. The second kappa shape index (κ2) is 4.52. The van der Waals surface area contributed by atoms with E-state index in [1.807, 2.05) is 0 Å². The first-order valence-corrected chi connectivity index (χ1v) is 5.43. The standard InChI is InChI=1S/C10H14N4O3/c1-7-11-12-9(17-7)10(16)14-5-3-13(4-6-14)8(2)15/h3-6H2,1-2H3. The third kappa shape index (κ3) is 2.43. The molecule has 1 aliphatic rings. The molecule has 0 radical (unpaired) electrons. The van der Waals surface area contributed by atoms with Crippen molar-refractivity contribution in [2.24, 2.45) is 0 Å². The summed E-state index contributed by atoms with van der Waals surface area (Å²) in [6.07, 6.45) is 0. The van der Waals surface area contributed by atoms with E-state index < -0.39 is 0 Å². The zero-order valence-electron chi connectivity index (χ0n) is 9.84. The Labute approximate surface area is 98.4 Å². The number of hydrogen-bond acceptors (Lipinski definition) is 5. The van der Waals surface area contributed by atoms with Crippen molar-refractivity contribution in [3.05, 3.63) is 11.8 Å². The maximum atomic E-state index is 11.9. The minimum absolute atomic E-state index is 0.0128. The molecule has 0 N–H and O–H groups in total. The first-order valence-electron chi connectivity index (χ1n) is 5.43. The SMILES string of the molecule is CC(=O)N1CCN(C(=O)c2nnc(C)o2)CC1. The van der Waals surface area contributed by atoms with Crippen molar-refractivity contribution in [1.29, 1.82) is 0 Å². The first kappa shape index (κ1) is 11.6. The molecule has 1 aromatic rings. The van der Waals surface area contributed by atoms with Crippen LogP contribution in [0.1, 0.15) is 23.5 Å². The van der Waals surface area contributed by atoms with Gasteiger partial charge in [0.2, 0.25) is 11.8 Å². The minimum Gasteiger partial charge on any atom is -0.417 e. The average Bonchev–Trinajstić information content (AvgIpc) is 2.75. The van der Waals surface area contributed by atoms with Crippen molar-refractivity contribution in [3.8, 4) is 0 Å². The predicted octanol–water partition coefficient (Wildman–Crippen LogP) is -0.318. The van der Waals surface area contributed by atoms with Gasteiger partial charge >= 0.3 is 11.8 Å². The number of aromatic nitrogens is 2. The molecule has 0 aromatic carbocycles. The molecule has 92 valence electrons. The predicted molar refractivity (Wildman–Crippen MR) is 57.2 cm³/mol. The zero-order valence-corrected chi connectivity index (χ0v) is 9.84. The Bertz CT molecular complexity index is 435. The molecule has 0 atom stereocenters. The summed E-state index contributed by atoms with van der Waals surface area (Å²) in [6, 6.07) is 0. The number of carbonyl (C=O) groups is 2. The fraction of sp³-hybridized carbons (Fsp3) is 0.600. The molecule has 17 heavy (non-hydrogen) atoms. The van der Waals surface area contributed by atoms with E-state index in [2.05, 4.69) is 10.2 Å². The fourth-order valence-electron chi connectivity index (χ4n) is 1.74. The van der Waals surface area contributed by atoms with E-state index >= 15 is 0 Å². The lowest BCUT2D eigenvalue weighted by Crippen LogP contribution is -2.50. The third-order valence-corrected chi connectivity index (χ3v) is 2.72.